The molecule has 3 N–H and O–H groups in total. The summed E-state index contributed by atoms with van der Waals surface area (Å²) in [7, 11) is -3.91. The van der Waals surface area contributed by atoms with Crippen molar-refractivity contribution >= 4 is 15.7 Å². The van der Waals surface area contributed by atoms with Crippen LogP contribution in [0.15, 0.2) is 35.5 Å². The van der Waals surface area contributed by atoms with Gasteiger partial charge in [-0.25, -0.2) is 12.8 Å². The van der Waals surface area contributed by atoms with Crippen LogP contribution in [0.3, 0.4) is 0 Å². The minimum absolute atomic E-state index is 0.00177. The number of benzene rings is 1. The van der Waals surface area contributed by atoms with Crippen molar-refractivity contribution in [1.29, 1.82) is 0 Å². The third-order valence-electron chi connectivity index (χ3n) is 2.92. The van der Waals surface area contributed by atoms with Crippen LogP contribution in [0.4, 0.5) is 10.1 Å². The lowest BCUT2D eigenvalue weighted by Crippen LogP contribution is -2.16. The van der Waals surface area contributed by atoms with E-state index in [-0.39, 0.29) is 17.5 Å². The van der Waals surface area contributed by atoms with Crippen molar-refractivity contribution in [1.82, 2.24) is 9.78 Å². The third-order valence-corrected chi connectivity index (χ3v) is 4.38. The predicted octanol–water partition coefficient (Wildman–Crippen LogP) is 1.86. The molecule has 0 radical (unpaired) electrons. The van der Waals surface area contributed by atoms with Gasteiger partial charge < -0.3 is 5.73 Å². The summed E-state index contributed by atoms with van der Waals surface area (Å²) < 4.78 is 42.0. The van der Waals surface area contributed by atoms with Gasteiger partial charge in [-0.2, -0.15) is 5.10 Å². The maximum absolute atomic E-state index is 13.3. The average molecular weight is 312 g/mol. The van der Waals surface area contributed by atoms with Crippen LogP contribution in [0, 0.1) is 5.82 Å². The maximum Gasteiger partial charge on any atom is 0.262 e. The highest BCUT2D eigenvalue weighted by Crippen LogP contribution is 2.21. The van der Waals surface area contributed by atoms with Crippen molar-refractivity contribution < 1.29 is 12.8 Å². The Morgan fingerprint density at radius 1 is 1.43 bits per heavy atom. The van der Waals surface area contributed by atoms with Gasteiger partial charge in [0.25, 0.3) is 10.0 Å². The first kappa shape index (κ1) is 15.5. The molecule has 0 unspecified atom stereocenters. The van der Waals surface area contributed by atoms with Crippen LogP contribution >= 0.6 is 0 Å². The molecule has 0 fully saturated rings. The van der Waals surface area contributed by atoms with E-state index in [0.29, 0.717) is 11.3 Å². The molecule has 114 valence electrons. The minimum atomic E-state index is -3.91. The minimum Gasteiger partial charge on any atom is -0.326 e. The highest BCUT2D eigenvalue weighted by Gasteiger charge is 2.20. The Morgan fingerprint density at radius 2 is 2.14 bits per heavy atom. The molecule has 1 aromatic carbocycles. The van der Waals surface area contributed by atoms with Crippen LogP contribution in [0.5, 0.6) is 0 Å². The molecule has 0 atom stereocenters. The monoisotopic (exact) mass is 312 g/mol. The van der Waals surface area contributed by atoms with E-state index in [2.05, 4.69) is 9.82 Å². The van der Waals surface area contributed by atoms with Crippen LogP contribution in [-0.4, -0.2) is 18.2 Å². The number of nitrogens with two attached hydrogens (primary N) is 1. The number of aromatic nitrogens is 2. The summed E-state index contributed by atoms with van der Waals surface area (Å²) in [5.74, 6) is -0.634. The van der Waals surface area contributed by atoms with Crippen molar-refractivity contribution in [3.8, 4) is 0 Å². The Hall–Kier alpha value is -1.93. The van der Waals surface area contributed by atoms with E-state index in [1.54, 1.807) is 10.9 Å². The second-order valence-corrected chi connectivity index (χ2v) is 6.52. The summed E-state index contributed by atoms with van der Waals surface area (Å²) >= 11 is 0. The van der Waals surface area contributed by atoms with Crippen molar-refractivity contribution in [3.05, 3.63) is 42.0 Å². The molecule has 2 rings (SSSR count). The summed E-state index contributed by atoms with van der Waals surface area (Å²) in [5, 5.41) is 4.04. The zero-order valence-corrected chi connectivity index (χ0v) is 12.6. The van der Waals surface area contributed by atoms with E-state index in [4.69, 9.17) is 5.73 Å². The number of nitrogens with one attached hydrogen (secondary N) is 1. The fourth-order valence-electron chi connectivity index (χ4n) is 1.83. The van der Waals surface area contributed by atoms with Gasteiger partial charge in [-0.1, -0.05) is 6.07 Å². The molecule has 0 aliphatic carbocycles. The van der Waals surface area contributed by atoms with Crippen molar-refractivity contribution in [2.75, 3.05) is 4.72 Å². The van der Waals surface area contributed by atoms with Crippen LogP contribution in [0.25, 0.3) is 0 Å². The Kier molecular flexibility index (Phi) is 4.29. The zero-order chi connectivity index (χ0) is 15.6. The number of nitrogens with zero attached hydrogens (tertiary/aromatic N) is 2. The number of hydrogen-bond donors (Lipinski definition) is 2. The lowest BCUT2D eigenvalue weighted by molar-refractivity contribution is 0.532. The van der Waals surface area contributed by atoms with Crippen LogP contribution in [-0.2, 0) is 16.6 Å². The van der Waals surface area contributed by atoms with Gasteiger partial charge in [-0.15, -0.1) is 0 Å². The van der Waals surface area contributed by atoms with Gasteiger partial charge in [0.2, 0.25) is 0 Å². The molecule has 0 saturated carbocycles. The van der Waals surface area contributed by atoms with E-state index < -0.39 is 15.8 Å². The van der Waals surface area contributed by atoms with E-state index in [9.17, 15) is 12.8 Å². The SMILES string of the molecule is CC(C)n1cc(NS(=O)(=O)c2cc(F)ccc2CN)cn1. The molecule has 0 saturated heterocycles. The first-order valence-corrected chi connectivity index (χ1v) is 7.87. The Bertz CT molecular complexity index is 740. The zero-order valence-electron chi connectivity index (χ0n) is 11.7. The molecule has 0 spiro atoms. The van der Waals surface area contributed by atoms with Gasteiger partial charge >= 0.3 is 0 Å². The van der Waals surface area contributed by atoms with Gasteiger partial charge in [-0.3, -0.25) is 9.40 Å². The van der Waals surface area contributed by atoms with Crippen LogP contribution in [0.1, 0.15) is 25.5 Å². The first-order chi connectivity index (χ1) is 9.83. The van der Waals surface area contributed by atoms with Gasteiger partial charge in [0.15, 0.2) is 0 Å². The Labute approximate surface area is 122 Å². The second-order valence-electron chi connectivity index (χ2n) is 4.86. The molecule has 8 heteroatoms. The van der Waals surface area contributed by atoms with Gasteiger partial charge in [0, 0.05) is 18.8 Å². The fourth-order valence-corrected chi connectivity index (χ4v) is 3.12. The summed E-state index contributed by atoms with van der Waals surface area (Å²) in [6, 6.07) is 3.61. The largest absolute Gasteiger partial charge is 0.326 e. The molecule has 1 aromatic heterocycles. The molecule has 1 heterocycles. The first-order valence-electron chi connectivity index (χ1n) is 6.39. The van der Waals surface area contributed by atoms with Crippen molar-refractivity contribution in [2.24, 2.45) is 5.73 Å². The van der Waals surface area contributed by atoms with E-state index in [1.807, 2.05) is 13.8 Å². The molecule has 0 aliphatic heterocycles. The molecular formula is C13H17FN4O2S. The number of rotatable bonds is 5. The Balaban J connectivity index is 2.35. The number of anilines is 1. The number of sulfonamides is 1. The summed E-state index contributed by atoms with van der Waals surface area (Å²) in [5.41, 5.74) is 6.17. The number of halogens is 1. The van der Waals surface area contributed by atoms with Crippen molar-refractivity contribution in [2.45, 2.75) is 31.3 Å². The van der Waals surface area contributed by atoms with Crippen LogP contribution < -0.4 is 10.5 Å². The standard InChI is InChI=1S/C13H17FN4O2S/c1-9(2)18-8-12(7-16-18)17-21(19,20)13-5-11(14)4-3-10(13)6-15/h3-5,7-9,17H,6,15H2,1-2H3. The predicted molar refractivity (Wildman–Crippen MR) is 77.7 cm³/mol. The summed E-state index contributed by atoms with van der Waals surface area (Å²) in [6.45, 7) is 3.84. The summed E-state index contributed by atoms with van der Waals surface area (Å²) in [6.07, 6.45) is 2.97. The molecule has 21 heavy (non-hydrogen) atoms. The van der Waals surface area contributed by atoms with Crippen molar-refractivity contribution in [3.63, 3.8) is 0 Å². The molecular weight excluding hydrogens is 295 g/mol. The second kappa shape index (κ2) is 5.82. The average Bonchev–Trinajstić information content (AvgIpc) is 2.86. The molecule has 0 amide bonds. The lowest BCUT2D eigenvalue weighted by Gasteiger charge is -2.10. The quantitative estimate of drug-likeness (QED) is 0.882. The molecule has 2 aromatic rings. The molecule has 6 nitrogen and oxygen atoms in total. The topological polar surface area (TPSA) is 90.0 Å². The van der Waals surface area contributed by atoms with E-state index in [1.165, 1.54) is 18.3 Å². The highest BCUT2D eigenvalue weighted by atomic mass is 32.2. The highest BCUT2D eigenvalue weighted by molar-refractivity contribution is 7.92. The normalized spacial score (nSPS) is 11.9. The summed E-state index contributed by atoms with van der Waals surface area (Å²) in [4.78, 5) is -0.165. The van der Waals surface area contributed by atoms with Crippen LogP contribution in [0.2, 0.25) is 0 Å². The number of hydrogen-bond acceptors (Lipinski definition) is 4. The van der Waals surface area contributed by atoms with Gasteiger partial charge in [-0.05, 0) is 31.5 Å². The Morgan fingerprint density at radius 3 is 2.71 bits per heavy atom. The smallest absolute Gasteiger partial charge is 0.262 e. The van der Waals surface area contributed by atoms with Gasteiger partial charge in [0.1, 0.15) is 5.82 Å². The van der Waals surface area contributed by atoms with Gasteiger partial charge in [0.05, 0.1) is 16.8 Å². The maximum atomic E-state index is 13.3. The molecule has 0 bridgehead atoms. The fraction of sp³-hybridized carbons (Fsp3) is 0.308. The third kappa shape index (κ3) is 3.40. The van der Waals surface area contributed by atoms with E-state index in [0.717, 1.165) is 6.07 Å². The molecule has 0 aliphatic rings. The lowest BCUT2D eigenvalue weighted by atomic mass is 10.2. The van der Waals surface area contributed by atoms with E-state index >= 15 is 0 Å².